The Labute approximate surface area is 100 Å². The Hall–Kier alpha value is -1.23. The maximum Gasteiger partial charge on any atom is 0.150 e. The van der Waals surface area contributed by atoms with Crippen molar-refractivity contribution < 1.29 is 8.78 Å². The minimum absolute atomic E-state index is 0.0836. The highest BCUT2D eigenvalue weighted by molar-refractivity contribution is 9.08. The molecule has 84 valence electrons. The number of hydrogen-bond acceptors (Lipinski definition) is 1. The van der Waals surface area contributed by atoms with E-state index in [-0.39, 0.29) is 5.69 Å². The van der Waals surface area contributed by atoms with Crippen LogP contribution in [0.4, 0.5) is 8.78 Å². The highest BCUT2D eigenvalue weighted by Gasteiger charge is 2.14. The van der Waals surface area contributed by atoms with Crippen molar-refractivity contribution >= 4 is 15.9 Å². The first kappa shape index (κ1) is 11.3. The normalized spacial score (nSPS) is 10.8. The van der Waals surface area contributed by atoms with E-state index in [1.165, 1.54) is 29.1 Å². The lowest BCUT2D eigenvalue weighted by Gasteiger charge is -2.09. The van der Waals surface area contributed by atoms with Gasteiger partial charge in [0.15, 0.2) is 11.6 Å². The number of halogens is 3. The molecule has 2 aromatic rings. The Kier molecular flexibility index (Phi) is 3.05. The molecule has 1 aromatic carbocycles. The fourth-order valence-corrected chi connectivity index (χ4v) is 1.86. The van der Waals surface area contributed by atoms with Gasteiger partial charge in [0.1, 0.15) is 11.5 Å². The first-order valence-corrected chi connectivity index (χ1v) is 5.80. The summed E-state index contributed by atoms with van der Waals surface area (Å²) in [5.74, 6) is -0.629. The van der Waals surface area contributed by atoms with Crippen LogP contribution in [0.2, 0.25) is 0 Å². The van der Waals surface area contributed by atoms with E-state index in [1.54, 1.807) is 6.92 Å². The van der Waals surface area contributed by atoms with Crippen LogP contribution in [-0.4, -0.2) is 9.55 Å². The standard InChI is InChI=1S/C11H9BrF2N2/c1-7-15-2-3-16(7)11-9(13)4-8(6-12)5-10(11)14/h2-5H,6H2,1H3. The van der Waals surface area contributed by atoms with Gasteiger partial charge in [-0.2, -0.15) is 0 Å². The number of hydrogen-bond donors (Lipinski definition) is 0. The molecule has 1 heterocycles. The molecule has 0 unspecified atom stereocenters. The summed E-state index contributed by atoms with van der Waals surface area (Å²) in [6, 6.07) is 2.62. The molecule has 0 bridgehead atoms. The minimum Gasteiger partial charge on any atom is -0.299 e. The number of imidazole rings is 1. The molecule has 0 fully saturated rings. The van der Waals surface area contributed by atoms with Crippen molar-refractivity contribution in [3.8, 4) is 5.69 Å². The zero-order chi connectivity index (χ0) is 11.7. The van der Waals surface area contributed by atoms with Crippen LogP contribution >= 0.6 is 15.9 Å². The highest BCUT2D eigenvalue weighted by Crippen LogP contribution is 2.22. The SMILES string of the molecule is Cc1nccn1-c1c(F)cc(CBr)cc1F. The molecule has 16 heavy (non-hydrogen) atoms. The lowest BCUT2D eigenvalue weighted by molar-refractivity contribution is 0.565. The van der Waals surface area contributed by atoms with Gasteiger partial charge < -0.3 is 0 Å². The fourth-order valence-electron chi connectivity index (χ4n) is 1.54. The molecule has 0 radical (unpaired) electrons. The first-order valence-electron chi connectivity index (χ1n) is 4.67. The van der Waals surface area contributed by atoms with E-state index in [9.17, 15) is 8.78 Å². The molecule has 2 nitrogen and oxygen atoms in total. The minimum atomic E-state index is -0.587. The van der Waals surface area contributed by atoms with Gasteiger partial charge in [0.25, 0.3) is 0 Å². The van der Waals surface area contributed by atoms with Gasteiger partial charge in [-0.1, -0.05) is 15.9 Å². The molecule has 0 aliphatic heterocycles. The Morgan fingerprint density at radius 2 is 1.94 bits per heavy atom. The first-order chi connectivity index (χ1) is 7.63. The number of aromatic nitrogens is 2. The third-order valence-electron chi connectivity index (χ3n) is 2.30. The van der Waals surface area contributed by atoms with Crippen molar-refractivity contribution in [1.82, 2.24) is 9.55 Å². The molecule has 1 aromatic heterocycles. The molecule has 0 atom stereocenters. The van der Waals surface area contributed by atoms with Gasteiger partial charge in [0.05, 0.1) is 0 Å². The smallest absolute Gasteiger partial charge is 0.150 e. The van der Waals surface area contributed by atoms with E-state index in [2.05, 4.69) is 20.9 Å². The van der Waals surface area contributed by atoms with Crippen molar-refractivity contribution in [3.05, 3.63) is 47.5 Å². The van der Waals surface area contributed by atoms with Crippen LogP contribution in [0.1, 0.15) is 11.4 Å². The average Bonchev–Trinajstić information content (AvgIpc) is 2.64. The van der Waals surface area contributed by atoms with Gasteiger partial charge in [-0.05, 0) is 24.6 Å². The number of aryl methyl sites for hydroxylation is 1. The number of rotatable bonds is 2. The topological polar surface area (TPSA) is 17.8 Å². The van der Waals surface area contributed by atoms with Crippen molar-refractivity contribution in [3.63, 3.8) is 0 Å². The van der Waals surface area contributed by atoms with Gasteiger partial charge in [-0.25, -0.2) is 13.8 Å². The molecule has 2 rings (SSSR count). The van der Waals surface area contributed by atoms with Gasteiger partial charge in [0, 0.05) is 17.7 Å². The predicted molar refractivity (Wildman–Crippen MR) is 60.8 cm³/mol. The molecule has 0 N–H and O–H groups in total. The molecule has 0 saturated carbocycles. The van der Waals surface area contributed by atoms with Crippen LogP contribution in [0.3, 0.4) is 0 Å². The van der Waals surface area contributed by atoms with Crippen LogP contribution in [0, 0.1) is 18.6 Å². The Bertz CT molecular complexity index is 499. The Balaban J connectivity index is 2.62. The third kappa shape index (κ3) is 1.87. The lowest BCUT2D eigenvalue weighted by Crippen LogP contribution is -2.03. The highest BCUT2D eigenvalue weighted by atomic mass is 79.9. The maximum atomic E-state index is 13.7. The second-order valence-electron chi connectivity index (χ2n) is 3.39. The van der Waals surface area contributed by atoms with Crippen molar-refractivity contribution in [1.29, 1.82) is 0 Å². The largest absolute Gasteiger partial charge is 0.299 e. The molecular formula is C11H9BrF2N2. The zero-order valence-electron chi connectivity index (χ0n) is 8.54. The lowest BCUT2D eigenvalue weighted by atomic mass is 10.2. The summed E-state index contributed by atoms with van der Waals surface area (Å²) < 4.78 is 28.9. The molecule has 5 heteroatoms. The van der Waals surface area contributed by atoms with E-state index >= 15 is 0 Å². The van der Waals surface area contributed by atoms with Gasteiger partial charge in [0.2, 0.25) is 0 Å². The number of benzene rings is 1. The second-order valence-corrected chi connectivity index (χ2v) is 3.95. The summed E-state index contributed by atoms with van der Waals surface area (Å²) in [5.41, 5.74) is 0.483. The summed E-state index contributed by atoms with van der Waals surface area (Å²) in [5, 5.41) is 0.421. The van der Waals surface area contributed by atoms with Crippen molar-refractivity contribution in [2.24, 2.45) is 0 Å². The third-order valence-corrected chi connectivity index (χ3v) is 2.95. The summed E-state index contributed by atoms with van der Waals surface area (Å²) in [6.45, 7) is 1.69. The zero-order valence-corrected chi connectivity index (χ0v) is 10.1. The number of nitrogens with zero attached hydrogens (tertiary/aromatic N) is 2. The van der Waals surface area contributed by atoms with Crippen molar-refractivity contribution in [2.45, 2.75) is 12.3 Å². The Morgan fingerprint density at radius 3 is 2.38 bits per heavy atom. The van der Waals surface area contributed by atoms with Crippen LogP contribution in [0.15, 0.2) is 24.5 Å². The summed E-state index contributed by atoms with van der Waals surface area (Å²) in [6.07, 6.45) is 3.04. The number of alkyl halides is 1. The van der Waals surface area contributed by atoms with Crippen LogP contribution in [-0.2, 0) is 5.33 Å². The monoisotopic (exact) mass is 286 g/mol. The maximum absolute atomic E-state index is 13.7. The van der Waals surface area contributed by atoms with E-state index in [1.807, 2.05) is 0 Å². The van der Waals surface area contributed by atoms with E-state index < -0.39 is 11.6 Å². The van der Waals surface area contributed by atoms with Crippen molar-refractivity contribution in [2.75, 3.05) is 0 Å². The van der Waals surface area contributed by atoms with E-state index in [0.29, 0.717) is 16.7 Å². The van der Waals surface area contributed by atoms with E-state index in [0.717, 1.165) is 0 Å². The Morgan fingerprint density at radius 1 is 1.31 bits per heavy atom. The fraction of sp³-hybridized carbons (Fsp3) is 0.182. The molecule has 0 saturated heterocycles. The second kappa shape index (κ2) is 4.33. The van der Waals surface area contributed by atoms with Crippen LogP contribution in [0.5, 0.6) is 0 Å². The van der Waals surface area contributed by atoms with Crippen LogP contribution in [0.25, 0.3) is 5.69 Å². The molecule has 0 aliphatic rings. The molecule has 0 aliphatic carbocycles. The van der Waals surface area contributed by atoms with Crippen LogP contribution < -0.4 is 0 Å². The van der Waals surface area contributed by atoms with E-state index in [4.69, 9.17) is 0 Å². The summed E-state index contributed by atoms with van der Waals surface area (Å²) in [7, 11) is 0. The quantitative estimate of drug-likeness (QED) is 0.774. The predicted octanol–water partition coefficient (Wildman–Crippen LogP) is 3.35. The average molecular weight is 287 g/mol. The van der Waals surface area contributed by atoms with Gasteiger partial charge in [-0.15, -0.1) is 0 Å². The van der Waals surface area contributed by atoms with Gasteiger partial charge >= 0.3 is 0 Å². The summed E-state index contributed by atoms with van der Waals surface area (Å²) >= 11 is 3.16. The molecule has 0 amide bonds. The van der Waals surface area contributed by atoms with Gasteiger partial charge in [-0.3, -0.25) is 4.57 Å². The molecular weight excluding hydrogens is 278 g/mol. The molecule has 0 spiro atoms. The summed E-state index contributed by atoms with van der Waals surface area (Å²) in [4.78, 5) is 3.94.